The largest absolute Gasteiger partial charge is 0.759 e. The van der Waals surface area contributed by atoms with Gasteiger partial charge in [-0.25, -0.2) is 0 Å². The molecule has 4 heteroatoms. The van der Waals surface area contributed by atoms with Crippen molar-refractivity contribution in [2.24, 2.45) is 0 Å². The predicted octanol–water partition coefficient (Wildman–Crippen LogP) is 2.41. The number of hydrogen-bond acceptors (Lipinski definition) is 4. The van der Waals surface area contributed by atoms with Gasteiger partial charge < -0.3 is 17.4 Å². The molecular weight excluding hydrogens is 220 g/mol. The van der Waals surface area contributed by atoms with Crippen LogP contribution in [0.25, 0.3) is 10.9 Å². The Morgan fingerprint density at radius 3 is 2.94 bits per heavy atom. The van der Waals surface area contributed by atoms with E-state index in [1.54, 1.807) is 6.07 Å². The first-order valence-electron chi connectivity index (χ1n) is 4.89. The quantitative estimate of drug-likeness (QED) is 0.742. The second-order valence-electron chi connectivity index (χ2n) is 3.24. The molecule has 0 aliphatic carbocycles. The smallest absolute Gasteiger partial charge is 0.120 e. The van der Waals surface area contributed by atoms with Crippen molar-refractivity contribution in [2.75, 3.05) is 6.61 Å². The Bertz CT molecular complexity index is 575. The van der Waals surface area contributed by atoms with Crippen molar-refractivity contribution in [1.82, 2.24) is 4.98 Å². The molecule has 0 saturated heterocycles. The molecule has 0 fully saturated rings. The predicted molar refractivity (Wildman–Crippen MR) is 63.3 cm³/mol. The van der Waals surface area contributed by atoms with Gasteiger partial charge in [0.15, 0.2) is 0 Å². The molecule has 1 aromatic heterocycles. The van der Waals surface area contributed by atoms with Gasteiger partial charge in [0, 0.05) is 5.39 Å². The highest BCUT2D eigenvalue weighted by Crippen LogP contribution is 2.21. The van der Waals surface area contributed by atoms with Crippen LogP contribution in [0, 0.1) is 11.3 Å². The maximum absolute atomic E-state index is 8.86. The van der Waals surface area contributed by atoms with Crippen LogP contribution in [-0.4, -0.2) is 11.6 Å². The summed E-state index contributed by atoms with van der Waals surface area (Å²) in [6.07, 6.45) is 0. The highest BCUT2D eigenvalue weighted by atomic mass is 32.1. The lowest BCUT2D eigenvalue weighted by Crippen LogP contribution is -1.93. The first-order chi connectivity index (χ1) is 7.74. The van der Waals surface area contributed by atoms with Gasteiger partial charge >= 0.3 is 0 Å². The van der Waals surface area contributed by atoms with E-state index < -0.39 is 0 Å². The number of ether oxygens (including phenoxy) is 1. The number of hydrogen-bond donors (Lipinski definition) is 0. The van der Waals surface area contributed by atoms with Crippen molar-refractivity contribution >= 4 is 23.5 Å². The fourth-order valence-electron chi connectivity index (χ4n) is 1.47. The molecule has 0 radical (unpaired) electrons. The molecule has 0 unspecified atom stereocenters. The third-order valence-corrected chi connectivity index (χ3v) is 2.49. The van der Waals surface area contributed by atoms with Gasteiger partial charge in [0.25, 0.3) is 0 Å². The Kier molecular flexibility index (Phi) is 2.88. The molecule has 0 aliphatic heterocycles. The fraction of sp³-hybridized carbons (Fsp3) is 0.167. The first kappa shape index (κ1) is 10.7. The third-order valence-electron chi connectivity index (χ3n) is 2.18. The average Bonchev–Trinajstić information content (AvgIpc) is 2.29. The molecule has 3 nitrogen and oxygen atoms in total. The highest BCUT2D eigenvalue weighted by molar-refractivity contribution is 7.58. The summed E-state index contributed by atoms with van der Waals surface area (Å²) in [4.78, 5) is 4.18. The lowest BCUT2D eigenvalue weighted by atomic mass is 10.1. The Balaban J connectivity index is 2.60. The zero-order valence-electron chi connectivity index (χ0n) is 8.73. The maximum atomic E-state index is 8.86. The fourth-order valence-corrected chi connectivity index (χ4v) is 1.68. The second kappa shape index (κ2) is 4.33. The molecular formula is C12H9N2OS-. The van der Waals surface area contributed by atoms with Crippen molar-refractivity contribution in [1.29, 1.82) is 5.26 Å². The number of fused-ring (bicyclic) bond motifs is 1. The Labute approximate surface area is 99.1 Å². The summed E-state index contributed by atoms with van der Waals surface area (Å²) < 4.78 is 5.38. The van der Waals surface area contributed by atoms with Crippen molar-refractivity contribution in [3.63, 3.8) is 0 Å². The van der Waals surface area contributed by atoms with Crippen molar-refractivity contribution in [3.05, 3.63) is 29.8 Å². The summed E-state index contributed by atoms with van der Waals surface area (Å²) >= 11 is 5.00. The highest BCUT2D eigenvalue weighted by Gasteiger charge is 2.00. The van der Waals surface area contributed by atoms with Crippen molar-refractivity contribution in [3.8, 4) is 11.8 Å². The maximum Gasteiger partial charge on any atom is 0.120 e. The molecule has 80 valence electrons. The first-order valence-corrected chi connectivity index (χ1v) is 5.30. The summed E-state index contributed by atoms with van der Waals surface area (Å²) in [5.41, 5.74) is 1.21. The Morgan fingerprint density at radius 1 is 1.44 bits per heavy atom. The van der Waals surface area contributed by atoms with E-state index in [1.807, 2.05) is 31.2 Å². The van der Waals surface area contributed by atoms with E-state index in [-0.39, 0.29) is 0 Å². The third kappa shape index (κ3) is 1.90. The number of pyridine rings is 1. The topological polar surface area (TPSA) is 45.9 Å². The van der Waals surface area contributed by atoms with E-state index in [4.69, 9.17) is 22.6 Å². The minimum absolute atomic E-state index is 0.346. The van der Waals surface area contributed by atoms with Crippen LogP contribution >= 0.6 is 0 Å². The summed E-state index contributed by atoms with van der Waals surface area (Å²) in [5.74, 6) is 0.776. The van der Waals surface area contributed by atoms with E-state index in [0.717, 1.165) is 16.7 Å². The van der Waals surface area contributed by atoms with Crippen LogP contribution in [0.5, 0.6) is 5.75 Å². The molecule has 0 bridgehead atoms. The van der Waals surface area contributed by atoms with E-state index in [0.29, 0.717) is 17.2 Å². The molecule has 16 heavy (non-hydrogen) atoms. The molecule has 1 aromatic carbocycles. The zero-order chi connectivity index (χ0) is 11.5. The summed E-state index contributed by atoms with van der Waals surface area (Å²) in [5, 5.41) is 10.1. The average molecular weight is 229 g/mol. The van der Waals surface area contributed by atoms with Gasteiger partial charge in [0.1, 0.15) is 5.75 Å². The number of nitrogens with zero attached hydrogens (tertiary/aromatic N) is 2. The van der Waals surface area contributed by atoms with Crippen molar-refractivity contribution < 1.29 is 4.74 Å². The van der Waals surface area contributed by atoms with Gasteiger partial charge in [-0.15, -0.1) is 0 Å². The van der Waals surface area contributed by atoms with Crippen LogP contribution in [0.4, 0.5) is 0 Å². The Morgan fingerprint density at radius 2 is 2.25 bits per heavy atom. The standard InChI is InChI=1S/C12H10N2OS/c1-2-15-10-3-4-11-8(6-10)5-9(7-13)12(16)14-11/h3-6H,2H2,1H3,(H,14,16)/p-1. The van der Waals surface area contributed by atoms with Crippen LogP contribution in [0.2, 0.25) is 0 Å². The van der Waals surface area contributed by atoms with E-state index in [1.165, 1.54) is 0 Å². The monoisotopic (exact) mass is 229 g/mol. The van der Waals surface area contributed by atoms with Crippen molar-refractivity contribution in [2.45, 2.75) is 11.9 Å². The number of nitriles is 1. The van der Waals surface area contributed by atoms with Gasteiger partial charge in [-0.2, -0.15) is 5.26 Å². The lowest BCUT2D eigenvalue weighted by Gasteiger charge is -2.10. The summed E-state index contributed by atoms with van der Waals surface area (Å²) in [6, 6.07) is 9.33. The molecule has 0 spiro atoms. The number of aromatic nitrogens is 1. The minimum atomic E-state index is 0.346. The molecule has 2 aromatic rings. The molecule has 0 saturated carbocycles. The van der Waals surface area contributed by atoms with Gasteiger partial charge in [-0.05, 0) is 31.2 Å². The SMILES string of the molecule is CCOc1ccc2nc([S-])c(C#N)cc2c1. The molecule has 0 N–H and O–H groups in total. The van der Waals surface area contributed by atoms with E-state index in [2.05, 4.69) is 4.98 Å². The second-order valence-corrected chi connectivity index (χ2v) is 3.63. The summed E-state index contributed by atoms with van der Waals surface area (Å²) in [6.45, 7) is 2.54. The van der Waals surface area contributed by atoms with Crippen LogP contribution < -0.4 is 4.74 Å². The normalized spacial score (nSPS) is 10.0. The lowest BCUT2D eigenvalue weighted by molar-refractivity contribution is 0.340. The molecule has 2 rings (SSSR count). The summed E-state index contributed by atoms with van der Waals surface area (Å²) in [7, 11) is 0. The van der Waals surface area contributed by atoms with Crippen LogP contribution in [0.1, 0.15) is 12.5 Å². The van der Waals surface area contributed by atoms with Gasteiger partial charge in [0.05, 0.1) is 23.8 Å². The number of benzene rings is 1. The molecule has 1 heterocycles. The van der Waals surface area contributed by atoms with Crippen LogP contribution in [0.15, 0.2) is 29.3 Å². The van der Waals surface area contributed by atoms with Gasteiger partial charge in [-0.1, -0.05) is 5.03 Å². The molecule has 0 amide bonds. The van der Waals surface area contributed by atoms with E-state index >= 15 is 0 Å². The molecule has 0 atom stereocenters. The van der Waals surface area contributed by atoms with Crippen LogP contribution in [-0.2, 0) is 12.6 Å². The van der Waals surface area contributed by atoms with Gasteiger partial charge in [0.2, 0.25) is 0 Å². The van der Waals surface area contributed by atoms with E-state index in [9.17, 15) is 0 Å². The molecule has 0 aliphatic rings. The zero-order valence-corrected chi connectivity index (χ0v) is 9.54. The van der Waals surface area contributed by atoms with Crippen LogP contribution in [0.3, 0.4) is 0 Å². The Hall–Kier alpha value is -1.86. The minimum Gasteiger partial charge on any atom is -0.759 e. The number of rotatable bonds is 2. The van der Waals surface area contributed by atoms with Gasteiger partial charge in [-0.3, -0.25) is 4.98 Å².